The fraction of sp³-hybridized carbons (Fsp3) is 1.00. The van der Waals surface area contributed by atoms with E-state index in [1.54, 1.807) is 0 Å². The molecule has 0 saturated carbocycles. The Bertz CT molecular complexity index is 413. The Morgan fingerprint density at radius 1 is 1.19 bits per heavy atom. The van der Waals surface area contributed by atoms with Crippen LogP contribution in [0.4, 0.5) is 0 Å². The molecule has 0 aromatic heterocycles. The lowest BCUT2D eigenvalue weighted by atomic mass is 9.89. The van der Waals surface area contributed by atoms with Gasteiger partial charge in [-0.05, 0) is 6.92 Å². The van der Waals surface area contributed by atoms with Crippen molar-refractivity contribution < 1.29 is 43.3 Å². The standard InChI is InChI=1S/C6H9O9P/c1-4-6(10)5(9,2(7)3(8)12-4)14-16(11,13-4)15-6/h2-3,7-10H,1H3/t2-,3?,4-,5+,6+,16?/m0/s1. The summed E-state index contributed by atoms with van der Waals surface area (Å²) in [5, 5.41) is 38.7. The molecule has 0 aliphatic carbocycles. The van der Waals surface area contributed by atoms with Crippen LogP contribution in [-0.2, 0) is 22.9 Å². The van der Waals surface area contributed by atoms with Crippen LogP contribution in [0, 0.1) is 0 Å². The van der Waals surface area contributed by atoms with Gasteiger partial charge in [-0.2, -0.15) is 0 Å². The van der Waals surface area contributed by atoms with E-state index in [9.17, 15) is 25.0 Å². The lowest BCUT2D eigenvalue weighted by Crippen LogP contribution is -2.77. The fourth-order valence-electron chi connectivity index (χ4n) is 2.04. The Labute approximate surface area is 88.7 Å². The van der Waals surface area contributed by atoms with Crippen molar-refractivity contribution in [1.82, 2.24) is 0 Å². The number of phosphoric ester groups is 1. The van der Waals surface area contributed by atoms with Crippen molar-refractivity contribution in [3.8, 4) is 0 Å². The van der Waals surface area contributed by atoms with Crippen molar-refractivity contribution in [2.75, 3.05) is 0 Å². The Morgan fingerprint density at radius 2 is 1.81 bits per heavy atom. The first-order valence-electron chi connectivity index (χ1n) is 4.37. The van der Waals surface area contributed by atoms with Crippen LogP contribution < -0.4 is 0 Å². The Balaban J connectivity index is 2.20. The van der Waals surface area contributed by atoms with Gasteiger partial charge in [-0.15, -0.1) is 0 Å². The molecule has 0 radical (unpaired) electrons. The van der Waals surface area contributed by atoms with Gasteiger partial charge < -0.3 is 25.2 Å². The molecule has 3 heterocycles. The number of aliphatic hydroxyl groups excluding tert-OH is 2. The van der Waals surface area contributed by atoms with Crippen molar-refractivity contribution in [3.63, 3.8) is 0 Å². The molecule has 6 atom stereocenters. The Morgan fingerprint density at radius 3 is 2.38 bits per heavy atom. The van der Waals surface area contributed by atoms with Crippen molar-refractivity contribution in [1.29, 1.82) is 0 Å². The van der Waals surface area contributed by atoms with E-state index < -0.39 is 37.6 Å². The molecular weight excluding hydrogens is 247 g/mol. The summed E-state index contributed by atoms with van der Waals surface area (Å²) in [6.07, 6.45) is -3.93. The maximum atomic E-state index is 11.6. The lowest BCUT2D eigenvalue weighted by molar-refractivity contribution is -0.487. The molecule has 0 amide bonds. The molecule has 4 N–H and O–H groups in total. The van der Waals surface area contributed by atoms with Crippen LogP contribution in [-0.4, -0.2) is 50.2 Å². The third kappa shape index (κ3) is 0.894. The molecule has 0 aromatic rings. The van der Waals surface area contributed by atoms with Gasteiger partial charge in [0.1, 0.15) is 0 Å². The Kier molecular flexibility index (Phi) is 1.73. The molecule has 2 bridgehead atoms. The minimum Gasteiger partial charge on any atom is -0.382 e. The highest BCUT2D eigenvalue weighted by atomic mass is 31.2. The molecule has 3 rings (SSSR count). The molecule has 3 saturated heterocycles. The first kappa shape index (κ1) is 11.0. The summed E-state index contributed by atoms with van der Waals surface area (Å²) < 4.78 is 30.1. The van der Waals surface area contributed by atoms with Crippen LogP contribution in [0.5, 0.6) is 0 Å². The number of ether oxygens (including phenoxy) is 1. The fourth-order valence-corrected chi connectivity index (χ4v) is 3.94. The molecule has 3 aliphatic heterocycles. The van der Waals surface area contributed by atoms with Crippen molar-refractivity contribution >= 4 is 7.82 Å². The average molecular weight is 256 g/mol. The van der Waals surface area contributed by atoms with E-state index in [1.807, 2.05) is 0 Å². The van der Waals surface area contributed by atoms with E-state index in [4.69, 9.17) is 9.26 Å². The summed E-state index contributed by atoms with van der Waals surface area (Å²) in [4.78, 5) is 0. The molecule has 3 fully saturated rings. The predicted octanol–water partition coefficient (Wildman–Crippen LogP) is -2.03. The first-order valence-corrected chi connectivity index (χ1v) is 5.83. The van der Waals surface area contributed by atoms with Gasteiger partial charge in [0.25, 0.3) is 11.6 Å². The van der Waals surface area contributed by atoms with Crippen LogP contribution in [0.1, 0.15) is 6.92 Å². The molecule has 9 nitrogen and oxygen atoms in total. The smallest absolute Gasteiger partial charge is 0.382 e. The van der Waals surface area contributed by atoms with Gasteiger partial charge in [0, 0.05) is 0 Å². The van der Waals surface area contributed by atoms with E-state index in [0.29, 0.717) is 0 Å². The minimum absolute atomic E-state index is 1.09. The summed E-state index contributed by atoms with van der Waals surface area (Å²) in [7, 11) is -4.21. The van der Waals surface area contributed by atoms with Crippen LogP contribution in [0.15, 0.2) is 0 Å². The molecular formula is C6H9O9P. The zero-order valence-corrected chi connectivity index (χ0v) is 8.83. The molecule has 3 aliphatic rings. The van der Waals surface area contributed by atoms with Crippen LogP contribution in [0.3, 0.4) is 0 Å². The normalized spacial score (nSPS) is 68.6. The first-order chi connectivity index (χ1) is 7.16. The quantitative estimate of drug-likeness (QED) is 0.362. The highest BCUT2D eigenvalue weighted by Crippen LogP contribution is 2.76. The molecule has 10 heteroatoms. The lowest BCUT2D eigenvalue weighted by Gasteiger charge is -2.51. The van der Waals surface area contributed by atoms with E-state index >= 15 is 0 Å². The topological polar surface area (TPSA) is 135 Å². The van der Waals surface area contributed by atoms with Gasteiger partial charge in [-0.1, -0.05) is 0 Å². The van der Waals surface area contributed by atoms with Crippen LogP contribution >= 0.6 is 7.82 Å². The van der Waals surface area contributed by atoms with Gasteiger partial charge in [-0.25, -0.2) is 18.1 Å². The van der Waals surface area contributed by atoms with Gasteiger partial charge in [0.2, 0.25) is 5.79 Å². The number of fused-ring (bicyclic) bond motifs is 1. The van der Waals surface area contributed by atoms with E-state index in [1.165, 1.54) is 0 Å². The summed E-state index contributed by atoms with van der Waals surface area (Å²) in [6.45, 7) is 1.09. The number of hydrogen-bond acceptors (Lipinski definition) is 9. The molecule has 0 spiro atoms. The SMILES string of the molecule is C[C@]12OC(O)[C@H](O)[C@@]3(O)OP(=O)(O1)O[C@]23O. The summed E-state index contributed by atoms with van der Waals surface area (Å²) >= 11 is 0. The van der Waals surface area contributed by atoms with Crippen LogP contribution in [0.2, 0.25) is 0 Å². The molecule has 0 aromatic carbocycles. The second-order valence-corrected chi connectivity index (χ2v) is 5.40. The summed E-state index contributed by atoms with van der Waals surface area (Å²) in [6, 6.07) is 0. The third-order valence-electron chi connectivity index (χ3n) is 2.90. The molecule has 16 heavy (non-hydrogen) atoms. The summed E-state index contributed by atoms with van der Waals surface area (Å²) in [5.41, 5.74) is 0. The minimum atomic E-state index is -4.21. The molecule has 2 unspecified atom stereocenters. The van der Waals surface area contributed by atoms with Crippen molar-refractivity contribution in [3.05, 3.63) is 0 Å². The maximum absolute atomic E-state index is 11.6. The van der Waals surface area contributed by atoms with E-state index in [0.717, 1.165) is 6.92 Å². The predicted molar refractivity (Wildman–Crippen MR) is 42.3 cm³/mol. The van der Waals surface area contributed by atoms with Gasteiger partial charge >= 0.3 is 7.82 Å². The van der Waals surface area contributed by atoms with E-state index in [2.05, 4.69) is 9.05 Å². The largest absolute Gasteiger partial charge is 0.483 e. The van der Waals surface area contributed by atoms with Gasteiger partial charge in [0.15, 0.2) is 12.4 Å². The number of phosphoric acid groups is 1. The average Bonchev–Trinajstić information content (AvgIpc) is 2.43. The second-order valence-electron chi connectivity index (χ2n) is 3.96. The number of aliphatic hydroxyl groups is 4. The maximum Gasteiger partial charge on any atom is 0.483 e. The van der Waals surface area contributed by atoms with Gasteiger partial charge in [-0.3, -0.25) is 0 Å². The second kappa shape index (κ2) is 2.51. The van der Waals surface area contributed by atoms with Gasteiger partial charge in [0.05, 0.1) is 0 Å². The zero-order chi connectivity index (χ0) is 12.0. The monoisotopic (exact) mass is 256 g/mol. The molecule has 92 valence electrons. The van der Waals surface area contributed by atoms with Crippen molar-refractivity contribution in [2.45, 2.75) is 36.7 Å². The highest BCUT2D eigenvalue weighted by Gasteiger charge is 2.87. The highest BCUT2D eigenvalue weighted by molar-refractivity contribution is 7.49. The number of rotatable bonds is 0. The zero-order valence-electron chi connectivity index (χ0n) is 7.93. The van der Waals surface area contributed by atoms with Crippen molar-refractivity contribution in [2.24, 2.45) is 0 Å². The summed E-state index contributed by atoms with van der Waals surface area (Å²) in [5.74, 6) is -7.53. The van der Waals surface area contributed by atoms with Crippen LogP contribution in [0.25, 0.3) is 0 Å². The Hall–Kier alpha value is -0.0900. The number of hydrogen-bond donors (Lipinski definition) is 4. The van der Waals surface area contributed by atoms with E-state index in [-0.39, 0.29) is 0 Å². The third-order valence-corrected chi connectivity index (χ3v) is 4.46.